The lowest BCUT2D eigenvalue weighted by Crippen LogP contribution is -2.28. The van der Waals surface area contributed by atoms with Crippen molar-refractivity contribution in [3.8, 4) is 0 Å². The number of nitrogens with zero attached hydrogens (tertiary/aromatic N) is 2. The van der Waals surface area contributed by atoms with Gasteiger partial charge in [-0.05, 0) is 20.3 Å². The lowest BCUT2D eigenvalue weighted by atomic mass is 9.96. The Morgan fingerprint density at radius 3 is 2.50 bits per heavy atom. The summed E-state index contributed by atoms with van der Waals surface area (Å²) < 4.78 is 5.31. The Bertz CT molecular complexity index is 274. The molecule has 1 atom stereocenters. The molecule has 0 aromatic carbocycles. The third kappa shape index (κ3) is 3.05. The highest BCUT2D eigenvalue weighted by Gasteiger charge is 2.21. The molecule has 0 radical (unpaired) electrons. The molecule has 1 aromatic heterocycles. The van der Waals surface area contributed by atoms with E-state index in [1.54, 1.807) is 19.5 Å². The van der Waals surface area contributed by atoms with Crippen LogP contribution in [0.2, 0.25) is 0 Å². The summed E-state index contributed by atoms with van der Waals surface area (Å²) in [6.45, 7) is 4.02. The summed E-state index contributed by atoms with van der Waals surface area (Å²) >= 11 is 0. The Kier molecular flexibility index (Phi) is 3.55. The molecule has 4 heteroatoms. The second-order valence-corrected chi connectivity index (χ2v) is 3.95. The summed E-state index contributed by atoms with van der Waals surface area (Å²) in [6, 6.07) is -0.0776. The number of ether oxygens (including phenoxy) is 1. The molecule has 0 aliphatic carbocycles. The first kappa shape index (κ1) is 11.1. The topological polar surface area (TPSA) is 61.0 Å². The van der Waals surface area contributed by atoms with Crippen molar-refractivity contribution in [2.45, 2.75) is 31.9 Å². The van der Waals surface area contributed by atoms with Crippen LogP contribution in [0.3, 0.4) is 0 Å². The molecule has 0 saturated heterocycles. The van der Waals surface area contributed by atoms with E-state index in [1.165, 1.54) is 6.33 Å². The van der Waals surface area contributed by atoms with Gasteiger partial charge in [0.2, 0.25) is 0 Å². The maximum atomic E-state index is 6.00. The van der Waals surface area contributed by atoms with Gasteiger partial charge in [-0.2, -0.15) is 0 Å². The Morgan fingerprint density at radius 1 is 1.43 bits per heavy atom. The molecule has 14 heavy (non-hydrogen) atoms. The molecule has 1 unspecified atom stereocenters. The average molecular weight is 195 g/mol. The quantitative estimate of drug-likeness (QED) is 0.786. The predicted octanol–water partition coefficient (Wildman–Crippen LogP) is 1.29. The van der Waals surface area contributed by atoms with Crippen molar-refractivity contribution in [3.05, 3.63) is 24.3 Å². The van der Waals surface area contributed by atoms with Crippen molar-refractivity contribution >= 4 is 0 Å². The fraction of sp³-hybridized carbons (Fsp3) is 0.600. The number of rotatable bonds is 4. The van der Waals surface area contributed by atoms with E-state index in [0.717, 1.165) is 12.0 Å². The van der Waals surface area contributed by atoms with Crippen molar-refractivity contribution < 1.29 is 4.74 Å². The van der Waals surface area contributed by atoms with Crippen LogP contribution in [0.5, 0.6) is 0 Å². The third-order valence-electron chi connectivity index (χ3n) is 2.27. The third-order valence-corrected chi connectivity index (χ3v) is 2.27. The fourth-order valence-electron chi connectivity index (χ4n) is 1.23. The second-order valence-electron chi connectivity index (χ2n) is 3.95. The zero-order valence-electron chi connectivity index (χ0n) is 8.90. The van der Waals surface area contributed by atoms with Crippen LogP contribution in [0, 0.1) is 0 Å². The minimum atomic E-state index is -0.213. The number of hydrogen-bond acceptors (Lipinski definition) is 4. The lowest BCUT2D eigenvalue weighted by molar-refractivity contribution is 0.00991. The Hall–Kier alpha value is -1.00. The maximum absolute atomic E-state index is 6.00. The summed E-state index contributed by atoms with van der Waals surface area (Å²) in [7, 11) is 1.69. The number of aromatic nitrogens is 2. The molecule has 0 spiro atoms. The van der Waals surface area contributed by atoms with Crippen molar-refractivity contribution in [2.24, 2.45) is 5.73 Å². The van der Waals surface area contributed by atoms with Gasteiger partial charge in [0.25, 0.3) is 0 Å². The van der Waals surface area contributed by atoms with Crippen LogP contribution < -0.4 is 5.73 Å². The average Bonchev–Trinajstić information content (AvgIpc) is 2.19. The van der Waals surface area contributed by atoms with Crippen LogP contribution >= 0.6 is 0 Å². The molecule has 0 amide bonds. The summed E-state index contributed by atoms with van der Waals surface area (Å²) in [5, 5.41) is 0. The van der Waals surface area contributed by atoms with Crippen LogP contribution in [0.1, 0.15) is 31.9 Å². The Morgan fingerprint density at radius 2 is 2.00 bits per heavy atom. The highest BCUT2D eigenvalue weighted by atomic mass is 16.5. The minimum absolute atomic E-state index is 0.0776. The highest BCUT2D eigenvalue weighted by Crippen LogP contribution is 2.22. The Labute approximate surface area is 84.5 Å². The van der Waals surface area contributed by atoms with E-state index < -0.39 is 0 Å². The second kappa shape index (κ2) is 4.48. The van der Waals surface area contributed by atoms with Gasteiger partial charge in [-0.3, -0.25) is 0 Å². The van der Waals surface area contributed by atoms with Gasteiger partial charge in [0.1, 0.15) is 6.33 Å². The molecule has 0 aliphatic heterocycles. The zero-order chi connectivity index (χ0) is 10.6. The first-order valence-corrected chi connectivity index (χ1v) is 4.61. The molecule has 78 valence electrons. The first-order chi connectivity index (χ1) is 6.55. The van der Waals surface area contributed by atoms with Crippen molar-refractivity contribution in [1.82, 2.24) is 9.97 Å². The molecular formula is C10H17N3O. The van der Waals surface area contributed by atoms with Gasteiger partial charge in [0, 0.05) is 31.1 Å². The van der Waals surface area contributed by atoms with Gasteiger partial charge in [-0.25, -0.2) is 9.97 Å². The molecule has 1 heterocycles. The van der Waals surface area contributed by atoms with Crippen molar-refractivity contribution in [1.29, 1.82) is 0 Å². The summed E-state index contributed by atoms with van der Waals surface area (Å²) in [5.74, 6) is 0. The van der Waals surface area contributed by atoms with Crippen LogP contribution in [-0.4, -0.2) is 22.7 Å². The molecule has 1 aromatic rings. The van der Waals surface area contributed by atoms with E-state index >= 15 is 0 Å². The smallest absolute Gasteiger partial charge is 0.115 e. The summed E-state index contributed by atoms with van der Waals surface area (Å²) in [5.41, 5.74) is 6.73. The highest BCUT2D eigenvalue weighted by molar-refractivity contribution is 5.09. The van der Waals surface area contributed by atoms with Gasteiger partial charge in [0.15, 0.2) is 0 Å². The standard InChI is InChI=1S/C10H17N3O/c1-10(2,14-3)4-9(11)8-5-12-7-13-6-8/h5-7,9H,4,11H2,1-3H3. The van der Waals surface area contributed by atoms with Crippen LogP contribution in [-0.2, 0) is 4.74 Å². The number of nitrogens with two attached hydrogens (primary N) is 1. The maximum Gasteiger partial charge on any atom is 0.115 e. The van der Waals surface area contributed by atoms with E-state index in [0.29, 0.717) is 0 Å². The van der Waals surface area contributed by atoms with Crippen molar-refractivity contribution in [3.63, 3.8) is 0 Å². The Balaban J connectivity index is 2.64. The van der Waals surface area contributed by atoms with Gasteiger partial charge in [-0.1, -0.05) is 0 Å². The molecule has 4 nitrogen and oxygen atoms in total. The van der Waals surface area contributed by atoms with E-state index in [9.17, 15) is 0 Å². The van der Waals surface area contributed by atoms with E-state index in [-0.39, 0.29) is 11.6 Å². The van der Waals surface area contributed by atoms with E-state index in [2.05, 4.69) is 9.97 Å². The largest absolute Gasteiger partial charge is 0.379 e. The first-order valence-electron chi connectivity index (χ1n) is 4.61. The van der Waals surface area contributed by atoms with Gasteiger partial charge < -0.3 is 10.5 Å². The lowest BCUT2D eigenvalue weighted by Gasteiger charge is -2.26. The zero-order valence-corrected chi connectivity index (χ0v) is 8.90. The number of methoxy groups -OCH3 is 1. The minimum Gasteiger partial charge on any atom is -0.379 e. The van der Waals surface area contributed by atoms with Gasteiger partial charge in [-0.15, -0.1) is 0 Å². The monoisotopic (exact) mass is 195 g/mol. The number of hydrogen-bond donors (Lipinski definition) is 1. The molecule has 1 rings (SSSR count). The molecular weight excluding hydrogens is 178 g/mol. The predicted molar refractivity (Wildman–Crippen MR) is 54.7 cm³/mol. The molecule has 0 aliphatic rings. The van der Waals surface area contributed by atoms with Crippen LogP contribution in [0.15, 0.2) is 18.7 Å². The van der Waals surface area contributed by atoms with Crippen LogP contribution in [0.4, 0.5) is 0 Å². The molecule has 2 N–H and O–H groups in total. The normalized spacial score (nSPS) is 14.0. The SMILES string of the molecule is COC(C)(C)CC(N)c1cncnc1. The van der Waals surface area contributed by atoms with E-state index in [1.807, 2.05) is 13.8 Å². The summed E-state index contributed by atoms with van der Waals surface area (Å²) in [6.07, 6.45) is 5.72. The van der Waals surface area contributed by atoms with Crippen molar-refractivity contribution in [2.75, 3.05) is 7.11 Å². The molecule has 0 saturated carbocycles. The molecule has 0 fully saturated rings. The fourth-order valence-corrected chi connectivity index (χ4v) is 1.23. The van der Waals surface area contributed by atoms with E-state index in [4.69, 9.17) is 10.5 Å². The summed E-state index contributed by atoms with van der Waals surface area (Å²) in [4.78, 5) is 7.86. The molecule has 0 bridgehead atoms. The van der Waals surface area contributed by atoms with Crippen LogP contribution in [0.25, 0.3) is 0 Å². The van der Waals surface area contributed by atoms with Gasteiger partial charge in [0.05, 0.1) is 5.60 Å². The van der Waals surface area contributed by atoms with Gasteiger partial charge >= 0.3 is 0 Å².